The molecule has 3 aromatic rings. The molecule has 1 atom stereocenters. The van der Waals surface area contributed by atoms with Crippen LogP contribution in [0.15, 0.2) is 42.6 Å². The molecule has 1 aliphatic rings. The maximum absolute atomic E-state index is 13.4. The van der Waals surface area contributed by atoms with Crippen LogP contribution in [0.5, 0.6) is 0 Å². The second-order valence-electron chi connectivity index (χ2n) is 8.66. The molecule has 2 amide bonds. The molecule has 2 aromatic heterocycles. The van der Waals surface area contributed by atoms with E-state index in [4.69, 9.17) is 16.3 Å². The molecule has 196 valence electrons. The van der Waals surface area contributed by atoms with Gasteiger partial charge in [0.05, 0.1) is 17.6 Å². The fraction of sp³-hybridized carbons (Fsp3) is 0.348. The van der Waals surface area contributed by atoms with Gasteiger partial charge in [0.1, 0.15) is 11.5 Å². The maximum atomic E-state index is 13.4. The van der Waals surface area contributed by atoms with E-state index in [2.05, 4.69) is 25.9 Å². The Morgan fingerprint density at radius 1 is 1.14 bits per heavy atom. The highest BCUT2D eigenvalue weighted by molar-refractivity contribution is 6.31. The lowest BCUT2D eigenvalue weighted by atomic mass is 9.65. The number of aryl methyl sites for hydroxylation is 1. The van der Waals surface area contributed by atoms with E-state index in [9.17, 15) is 27.2 Å². The molecular formula is C23H21ClF4N6O3. The van der Waals surface area contributed by atoms with Gasteiger partial charge in [-0.15, -0.1) is 5.10 Å². The lowest BCUT2D eigenvalue weighted by Crippen LogP contribution is -2.57. The minimum Gasteiger partial charge on any atom is -0.441 e. The van der Waals surface area contributed by atoms with Crippen molar-refractivity contribution < 1.29 is 31.9 Å². The Bertz CT molecular complexity index is 1310. The highest BCUT2D eigenvalue weighted by Crippen LogP contribution is 2.55. The second kappa shape index (κ2) is 9.96. The molecule has 1 aliphatic carbocycles. The summed E-state index contributed by atoms with van der Waals surface area (Å²) < 4.78 is 59.9. The summed E-state index contributed by atoms with van der Waals surface area (Å²) in [6.07, 6.45) is -6.01. The summed E-state index contributed by atoms with van der Waals surface area (Å²) in [6.45, 7) is 1.65. The van der Waals surface area contributed by atoms with Gasteiger partial charge in [0.15, 0.2) is 11.5 Å². The van der Waals surface area contributed by atoms with Crippen molar-refractivity contribution in [3.63, 3.8) is 0 Å². The third-order valence-corrected chi connectivity index (χ3v) is 6.30. The first kappa shape index (κ1) is 26.3. The first-order valence-electron chi connectivity index (χ1n) is 11.0. The van der Waals surface area contributed by atoms with Crippen molar-refractivity contribution in [2.75, 3.05) is 10.6 Å². The standard InChI is InChI=1S/C23H21ClF4N6O3/c1-12(14-5-3-4-6-15(14)24)37-21(36)31-18-17(32-33-34(18)2)16-8-7-13(9-29-16)30-20(35)22(19(25)26)10-23(27,28)11-22/h3-9,12,19H,10-11H2,1-2H3,(H,30,35)(H,31,36)/t12-/m1/s1. The number of halogens is 5. The van der Waals surface area contributed by atoms with E-state index >= 15 is 0 Å². The quantitative estimate of drug-likeness (QED) is 0.385. The predicted octanol–water partition coefficient (Wildman–Crippen LogP) is 5.46. The highest BCUT2D eigenvalue weighted by Gasteiger charge is 2.65. The summed E-state index contributed by atoms with van der Waals surface area (Å²) in [4.78, 5) is 29.0. The molecule has 1 fully saturated rings. The Morgan fingerprint density at radius 2 is 1.84 bits per heavy atom. The smallest absolute Gasteiger partial charge is 0.413 e. The van der Waals surface area contributed by atoms with Crippen LogP contribution in [0.25, 0.3) is 11.4 Å². The Kier molecular flexibility index (Phi) is 7.09. The SMILES string of the molecule is C[C@@H](OC(=O)Nc1c(-c2ccc(NC(=O)C3(C(F)F)CC(F)(F)C3)cn2)nnn1C)c1ccccc1Cl. The molecular weight excluding hydrogens is 520 g/mol. The predicted molar refractivity (Wildman–Crippen MR) is 125 cm³/mol. The van der Waals surface area contributed by atoms with Gasteiger partial charge >= 0.3 is 6.09 Å². The number of pyridine rings is 1. The number of ether oxygens (including phenoxy) is 1. The van der Waals surface area contributed by atoms with E-state index in [1.165, 1.54) is 23.9 Å². The molecule has 0 unspecified atom stereocenters. The molecule has 2 N–H and O–H groups in total. The molecule has 0 spiro atoms. The van der Waals surface area contributed by atoms with Gasteiger partial charge in [-0.25, -0.2) is 27.0 Å². The van der Waals surface area contributed by atoms with Gasteiger partial charge in [0.2, 0.25) is 5.91 Å². The number of alkyl halides is 4. The third kappa shape index (κ3) is 5.36. The van der Waals surface area contributed by atoms with Crippen molar-refractivity contribution in [1.82, 2.24) is 20.0 Å². The zero-order chi connectivity index (χ0) is 27.0. The van der Waals surface area contributed by atoms with E-state index < -0.39 is 48.7 Å². The molecule has 0 radical (unpaired) electrons. The van der Waals surface area contributed by atoms with Crippen molar-refractivity contribution in [3.05, 3.63) is 53.2 Å². The summed E-state index contributed by atoms with van der Waals surface area (Å²) in [7, 11) is 1.52. The van der Waals surface area contributed by atoms with Crippen LogP contribution in [0, 0.1) is 5.41 Å². The van der Waals surface area contributed by atoms with Crippen LogP contribution in [-0.2, 0) is 16.6 Å². The number of amides is 2. The number of aromatic nitrogens is 4. The molecule has 9 nitrogen and oxygen atoms in total. The fourth-order valence-electron chi connectivity index (χ4n) is 3.97. The van der Waals surface area contributed by atoms with Crippen molar-refractivity contribution in [1.29, 1.82) is 0 Å². The minimum atomic E-state index is -3.31. The molecule has 2 heterocycles. The van der Waals surface area contributed by atoms with Gasteiger partial charge in [-0.3, -0.25) is 15.1 Å². The number of anilines is 2. The number of hydrogen-bond acceptors (Lipinski definition) is 6. The highest BCUT2D eigenvalue weighted by atomic mass is 35.5. The monoisotopic (exact) mass is 540 g/mol. The van der Waals surface area contributed by atoms with Gasteiger partial charge in [0, 0.05) is 30.5 Å². The zero-order valence-corrected chi connectivity index (χ0v) is 20.3. The normalized spacial score (nSPS) is 16.5. The maximum Gasteiger partial charge on any atom is 0.413 e. The summed E-state index contributed by atoms with van der Waals surface area (Å²) >= 11 is 6.14. The molecule has 37 heavy (non-hydrogen) atoms. The fourth-order valence-corrected chi connectivity index (χ4v) is 4.26. The van der Waals surface area contributed by atoms with E-state index in [0.717, 1.165) is 6.20 Å². The number of carbonyl (C=O) groups is 2. The van der Waals surface area contributed by atoms with Crippen LogP contribution < -0.4 is 10.6 Å². The van der Waals surface area contributed by atoms with Crippen LogP contribution in [-0.4, -0.2) is 44.3 Å². The van der Waals surface area contributed by atoms with Gasteiger partial charge in [-0.05, 0) is 25.1 Å². The lowest BCUT2D eigenvalue weighted by molar-refractivity contribution is -0.208. The van der Waals surface area contributed by atoms with Crippen LogP contribution in [0.2, 0.25) is 5.02 Å². The van der Waals surface area contributed by atoms with E-state index in [-0.39, 0.29) is 22.9 Å². The number of rotatable bonds is 7. The van der Waals surface area contributed by atoms with E-state index in [1.807, 2.05) is 0 Å². The van der Waals surface area contributed by atoms with Gasteiger partial charge < -0.3 is 10.1 Å². The Labute approximate surface area is 213 Å². The third-order valence-electron chi connectivity index (χ3n) is 5.96. The average molecular weight is 541 g/mol. The number of carbonyl (C=O) groups excluding carboxylic acids is 2. The Balaban J connectivity index is 1.45. The van der Waals surface area contributed by atoms with Crippen LogP contribution in [0.3, 0.4) is 0 Å². The number of benzene rings is 1. The van der Waals surface area contributed by atoms with E-state index in [0.29, 0.717) is 10.6 Å². The summed E-state index contributed by atoms with van der Waals surface area (Å²) in [5.74, 6) is -4.37. The minimum absolute atomic E-state index is 0.0235. The van der Waals surface area contributed by atoms with Crippen LogP contribution in [0.1, 0.15) is 31.4 Å². The van der Waals surface area contributed by atoms with Gasteiger partial charge in [-0.1, -0.05) is 35.0 Å². The second-order valence-corrected chi connectivity index (χ2v) is 9.06. The molecule has 0 bridgehead atoms. The molecule has 1 saturated carbocycles. The van der Waals surface area contributed by atoms with Crippen molar-refractivity contribution in [3.8, 4) is 11.4 Å². The van der Waals surface area contributed by atoms with Crippen LogP contribution >= 0.6 is 11.6 Å². The molecule has 1 aromatic carbocycles. The summed E-state index contributed by atoms with van der Waals surface area (Å²) in [5, 5.41) is 13.0. The Morgan fingerprint density at radius 3 is 2.43 bits per heavy atom. The molecule has 14 heteroatoms. The number of nitrogens with zero attached hydrogens (tertiary/aromatic N) is 4. The topological polar surface area (TPSA) is 111 Å². The first-order valence-corrected chi connectivity index (χ1v) is 11.4. The number of nitrogens with one attached hydrogen (secondary N) is 2. The average Bonchev–Trinajstić information content (AvgIpc) is 3.17. The first-order chi connectivity index (χ1) is 17.4. The van der Waals surface area contributed by atoms with Crippen molar-refractivity contribution in [2.45, 2.75) is 38.2 Å². The Hall–Kier alpha value is -3.74. The molecule has 0 aliphatic heterocycles. The number of hydrogen-bond donors (Lipinski definition) is 2. The van der Waals surface area contributed by atoms with Crippen molar-refractivity contribution >= 4 is 35.1 Å². The molecule has 4 rings (SSSR count). The van der Waals surface area contributed by atoms with Crippen LogP contribution in [0.4, 0.5) is 33.9 Å². The lowest BCUT2D eigenvalue weighted by Gasteiger charge is -2.44. The molecule has 0 saturated heterocycles. The van der Waals surface area contributed by atoms with Gasteiger partial charge in [-0.2, -0.15) is 0 Å². The zero-order valence-electron chi connectivity index (χ0n) is 19.5. The summed E-state index contributed by atoms with van der Waals surface area (Å²) in [5.41, 5.74) is -1.44. The largest absolute Gasteiger partial charge is 0.441 e. The van der Waals surface area contributed by atoms with Crippen molar-refractivity contribution in [2.24, 2.45) is 12.5 Å². The van der Waals surface area contributed by atoms with E-state index in [1.54, 1.807) is 31.2 Å². The summed E-state index contributed by atoms with van der Waals surface area (Å²) in [6, 6.07) is 9.64. The van der Waals surface area contributed by atoms with Gasteiger partial charge in [0.25, 0.3) is 12.3 Å².